The fraction of sp³-hybridized carbons (Fsp3) is 0.227. The summed E-state index contributed by atoms with van der Waals surface area (Å²) in [5.74, 6) is 0.132. The number of aryl methyl sites for hydroxylation is 1. The maximum Gasteiger partial charge on any atom is 0.269 e. The predicted octanol–water partition coefficient (Wildman–Crippen LogP) is 1.20. The number of nitrogen functional groups attached to an aromatic ring is 1. The Balaban J connectivity index is 1.69. The van der Waals surface area contributed by atoms with Gasteiger partial charge in [-0.05, 0) is 26.8 Å². The van der Waals surface area contributed by atoms with E-state index in [1.54, 1.807) is 16.9 Å². The molecule has 0 saturated carbocycles. The Morgan fingerprint density at radius 1 is 1.13 bits per heavy atom. The lowest BCUT2D eigenvalue weighted by atomic mass is 9.99. The molecule has 0 aliphatic rings. The average molecular weight is 413 g/mol. The van der Waals surface area contributed by atoms with Crippen LogP contribution in [0.4, 0.5) is 5.82 Å². The fourth-order valence-electron chi connectivity index (χ4n) is 3.37. The number of fused-ring (bicyclic) bond motifs is 1. The summed E-state index contributed by atoms with van der Waals surface area (Å²) in [7, 11) is 1.93. The van der Waals surface area contributed by atoms with Gasteiger partial charge >= 0.3 is 0 Å². The van der Waals surface area contributed by atoms with Crippen molar-refractivity contribution in [3.8, 4) is 11.3 Å². The molecule has 3 N–H and O–H groups in total. The summed E-state index contributed by atoms with van der Waals surface area (Å²) >= 11 is 0. The number of hydrogen-bond acceptors (Lipinski definition) is 6. The second-order valence-corrected chi connectivity index (χ2v) is 8.30. The van der Waals surface area contributed by atoms with Crippen molar-refractivity contribution in [2.45, 2.75) is 26.3 Å². The molecule has 0 aliphatic heterocycles. The second kappa shape index (κ2) is 7.83. The van der Waals surface area contributed by atoms with Crippen LogP contribution in [0.25, 0.3) is 22.3 Å². The molecule has 4 rings (SSSR count). The highest BCUT2D eigenvalue weighted by Gasteiger charge is 2.28. The van der Waals surface area contributed by atoms with E-state index in [1.807, 2.05) is 58.9 Å². The monoisotopic (exact) mass is 413 g/mol. The van der Waals surface area contributed by atoms with Crippen molar-refractivity contribution in [3.63, 3.8) is 0 Å². The molecular formula is C22H24BN7O. The van der Waals surface area contributed by atoms with Crippen molar-refractivity contribution in [1.82, 2.24) is 30.0 Å². The van der Waals surface area contributed by atoms with Gasteiger partial charge in [0.1, 0.15) is 31.4 Å². The van der Waals surface area contributed by atoms with E-state index in [1.165, 1.54) is 6.33 Å². The Labute approximate surface area is 181 Å². The standard InChI is InChI=1S/C22H24BN7O/c1-13-4-6-14(7-5-13)18-17-19(24)27-12-28-20(17)30(29-18)22(2,3)11-26-21(31)16-9-8-15(23)10-25-16/h4-10,12H,11,23H2,1-3H3,(H,26,31)(H2,24,27,28). The molecule has 0 saturated heterocycles. The van der Waals surface area contributed by atoms with Crippen LogP contribution >= 0.6 is 0 Å². The summed E-state index contributed by atoms with van der Waals surface area (Å²) in [6, 6.07) is 11.6. The van der Waals surface area contributed by atoms with Gasteiger partial charge in [0, 0.05) is 18.3 Å². The molecule has 0 atom stereocenters. The van der Waals surface area contributed by atoms with E-state index >= 15 is 0 Å². The Kier molecular flexibility index (Phi) is 5.18. The quantitative estimate of drug-likeness (QED) is 0.476. The summed E-state index contributed by atoms with van der Waals surface area (Å²) < 4.78 is 1.80. The molecule has 4 aromatic rings. The number of amides is 1. The zero-order valence-corrected chi connectivity index (χ0v) is 18.0. The molecule has 0 spiro atoms. The summed E-state index contributed by atoms with van der Waals surface area (Å²) in [5.41, 5.74) is 10.4. The first-order chi connectivity index (χ1) is 14.8. The number of aromatic nitrogens is 5. The van der Waals surface area contributed by atoms with E-state index in [-0.39, 0.29) is 5.91 Å². The van der Waals surface area contributed by atoms with Gasteiger partial charge in [0.2, 0.25) is 0 Å². The van der Waals surface area contributed by atoms with Crippen LogP contribution in [0.1, 0.15) is 29.9 Å². The predicted molar refractivity (Wildman–Crippen MR) is 124 cm³/mol. The lowest BCUT2D eigenvalue weighted by molar-refractivity contribution is 0.0931. The van der Waals surface area contributed by atoms with Crippen LogP contribution in [0.3, 0.4) is 0 Å². The Bertz CT molecular complexity index is 1250. The van der Waals surface area contributed by atoms with Gasteiger partial charge in [-0.1, -0.05) is 41.4 Å². The number of pyridine rings is 1. The zero-order chi connectivity index (χ0) is 22.2. The van der Waals surface area contributed by atoms with Gasteiger partial charge in [0.15, 0.2) is 5.65 Å². The molecular weight excluding hydrogens is 389 g/mol. The second-order valence-electron chi connectivity index (χ2n) is 8.30. The molecule has 0 aliphatic carbocycles. The number of nitrogens with two attached hydrogens (primary N) is 1. The third-order valence-electron chi connectivity index (χ3n) is 5.22. The van der Waals surface area contributed by atoms with Gasteiger partial charge in [-0.2, -0.15) is 5.10 Å². The molecule has 9 heteroatoms. The van der Waals surface area contributed by atoms with E-state index in [0.29, 0.717) is 34.8 Å². The van der Waals surface area contributed by atoms with E-state index in [0.717, 1.165) is 16.6 Å². The van der Waals surface area contributed by atoms with E-state index < -0.39 is 5.54 Å². The van der Waals surface area contributed by atoms with Crippen LogP contribution in [0.15, 0.2) is 48.9 Å². The molecule has 3 aromatic heterocycles. The van der Waals surface area contributed by atoms with Crippen LogP contribution in [-0.4, -0.2) is 45.0 Å². The molecule has 1 amide bonds. The zero-order valence-electron chi connectivity index (χ0n) is 18.0. The molecule has 0 radical (unpaired) electrons. The first-order valence-electron chi connectivity index (χ1n) is 10.0. The van der Waals surface area contributed by atoms with Gasteiger partial charge in [-0.3, -0.25) is 9.78 Å². The van der Waals surface area contributed by atoms with Crippen molar-refractivity contribution in [2.24, 2.45) is 0 Å². The van der Waals surface area contributed by atoms with Crippen molar-refractivity contribution in [3.05, 3.63) is 60.2 Å². The van der Waals surface area contributed by atoms with Gasteiger partial charge in [0.05, 0.1) is 10.9 Å². The van der Waals surface area contributed by atoms with E-state index in [2.05, 4.69) is 20.3 Å². The number of nitrogens with one attached hydrogen (secondary N) is 1. The van der Waals surface area contributed by atoms with Crippen LogP contribution in [-0.2, 0) is 5.54 Å². The molecule has 3 heterocycles. The Hall–Kier alpha value is -3.75. The largest absolute Gasteiger partial charge is 0.383 e. The maximum atomic E-state index is 12.6. The molecule has 0 bridgehead atoms. The maximum absolute atomic E-state index is 12.6. The first-order valence-corrected chi connectivity index (χ1v) is 10.0. The normalized spacial score (nSPS) is 11.6. The van der Waals surface area contributed by atoms with Crippen LogP contribution in [0.2, 0.25) is 0 Å². The number of carbonyl (C=O) groups excluding carboxylic acids is 1. The third-order valence-corrected chi connectivity index (χ3v) is 5.22. The summed E-state index contributed by atoms with van der Waals surface area (Å²) in [6.07, 6.45) is 3.11. The molecule has 0 fully saturated rings. The van der Waals surface area contributed by atoms with Crippen molar-refractivity contribution in [2.75, 3.05) is 12.3 Å². The molecule has 1 aromatic carbocycles. The summed E-state index contributed by atoms with van der Waals surface area (Å²) in [5, 5.41) is 8.51. The lowest BCUT2D eigenvalue weighted by Crippen LogP contribution is -2.41. The van der Waals surface area contributed by atoms with Crippen LogP contribution in [0, 0.1) is 6.92 Å². The van der Waals surface area contributed by atoms with E-state index in [9.17, 15) is 4.79 Å². The van der Waals surface area contributed by atoms with Crippen molar-refractivity contribution < 1.29 is 4.79 Å². The molecule has 31 heavy (non-hydrogen) atoms. The Morgan fingerprint density at radius 3 is 2.55 bits per heavy atom. The van der Waals surface area contributed by atoms with Crippen LogP contribution in [0.5, 0.6) is 0 Å². The lowest BCUT2D eigenvalue weighted by Gasteiger charge is -2.26. The van der Waals surface area contributed by atoms with Crippen molar-refractivity contribution >= 4 is 36.1 Å². The van der Waals surface area contributed by atoms with Gasteiger partial charge < -0.3 is 11.1 Å². The Morgan fingerprint density at radius 2 is 1.87 bits per heavy atom. The highest BCUT2D eigenvalue weighted by Crippen LogP contribution is 2.32. The molecule has 0 unspecified atom stereocenters. The summed E-state index contributed by atoms with van der Waals surface area (Å²) in [4.78, 5) is 25.4. The topological polar surface area (TPSA) is 112 Å². The average Bonchev–Trinajstić information content (AvgIpc) is 3.15. The van der Waals surface area contributed by atoms with Crippen molar-refractivity contribution in [1.29, 1.82) is 0 Å². The third kappa shape index (κ3) is 3.99. The molecule has 156 valence electrons. The number of hydrogen-bond donors (Lipinski definition) is 2. The number of nitrogens with zero attached hydrogens (tertiary/aromatic N) is 5. The van der Waals surface area contributed by atoms with Crippen LogP contribution < -0.4 is 16.5 Å². The SMILES string of the molecule is Bc1ccc(C(=O)NCC(C)(C)n2nc(-c3ccc(C)cc3)c3c(N)ncnc32)nc1. The minimum Gasteiger partial charge on any atom is -0.383 e. The molecule has 8 nitrogen and oxygen atoms in total. The number of rotatable bonds is 5. The van der Waals surface area contributed by atoms with Gasteiger partial charge in [0.25, 0.3) is 5.91 Å². The van der Waals surface area contributed by atoms with E-state index in [4.69, 9.17) is 10.8 Å². The summed E-state index contributed by atoms with van der Waals surface area (Å²) in [6.45, 7) is 6.33. The number of benzene rings is 1. The van der Waals surface area contributed by atoms with Gasteiger partial charge in [-0.25, -0.2) is 14.6 Å². The smallest absolute Gasteiger partial charge is 0.269 e. The number of anilines is 1. The highest BCUT2D eigenvalue weighted by atomic mass is 16.1. The number of carbonyl (C=O) groups is 1. The minimum absolute atomic E-state index is 0.238. The first kappa shape index (κ1) is 20.5. The highest BCUT2D eigenvalue weighted by molar-refractivity contribution is 6.32. The van der Waals surface area contributed by atoms with Gasteiger partial charge in [-0.15, -0.1) is 0 Å². The minimum atomic E-state index is -0.581. The fourth-order valence-corrected chi connectivity index (χ4v) is 3.37.